The van der Waals surface area contributed by atoms with E-state index in [-0.39, 0.29) is 18.1 Å². The molecular weight excluding hydrogens is 327 g/mol. The number of benzene rings is 2. The van der Waals surface area contributed by atoms with Gasteiger partial charge in [0.05, 0.1) is 17.8 Å². The number of para-hydroxylation sites is 2. The van der Waals surface area contributed by atoms with Crippen molar-refractivity contribution < 1.29 is 18.8 Å². The van der Waals surface area contributed by atoms with Crippen LogP contribution in [0.4, 0.5) is 20.6 Å². The maximum Gasteiger partial charge on any atom is 0.326 e. The third kappa shape index (κ3) is 5.03. The molecule has 8 heteroatoms. The standard InChI is InChI=1S/C17H17FN4O3/c1-19-16(24)11-6-2-4-8-13(11)20-10-15(23)22-17(25)21-14-9-5-3-7-12(14)18/h2-9,20H,10H2,1H3,(H,19,24)(H2,21,22,23,25). The number of rotatable bonds is 5. The number of imide groups is 1. The molecule has 0 radical (unpaired) electrons. The SMILES string of the molecule is CNC(=O)c1ccccc1NCC(=O)NC(=O)Nc1ccccc1F. The highest BCUT2D eigenvalue weighted by Gasteiger charge is 2.12. The van der Waals surface area contributed by atoms with Gasteiger partial charge in [-0.2, -0.15) is 0 Å². The fourth-order valence-electron chi connectivity index (χ4n) is 2.03. The van der Waals surface area contributed by atoms with E-state index in [0.29, 0.717) is 11.3 Å². The highest BCUT2D eigenvalue weighted by Crippen LogP contribution is 2.14. The number of carbonyl (C=O) groups excluding carboxylic acids is 3. The summed E-state index contributed by atoms with van der Waals surface area (Å²) in [6.45, 7) is -0.237. The van der Waals surface area contributed by atoms with Crippen LogP contribution in [0.1, 0.15) is 10.4 Å². The lowest BCUT2D eigenvalue weighted by Crippen LogP contribution is -2.38. The summed E-state index contributed by atoms with van der Waals surface area (Å²) < 4.78 is 13.4. The molecule has 0 heterocycles. The number of hydrogen-bond donors (Lipinski definition) is 4. The highest BCUT2D eigenvalue weighted by molar-refractivity contribution is 6.03. The van der Waals surface area contributed by atoms with Crippen molar-refractivity contribution in [1.82, 2.24) is 10.6 Å². The second-order valence-corrected chi connectivity index (χ2v) is 4.96. The van der Waals surface area contributed by atoms with Gasteiger partial charge in [-0.05, 0) is 24.3 Å². The molecule has 0 aliphatic rings. The molecular formula is C17H17FN4O3. The van der Waals surface area contributed by atoms with Crippen LogP contribution in [0.2, 0.25) is 0 Å². The summed E-state index contributed by atoms with van der Waals surface area (Å²) in [5.41, 5.74) is 0.783. The van der Waals surface area contributed by atoms with Crippen LogP contribution in [0.5, 0.6) is 0 Å². The fourth-order valence-corrected chi connectivity index (χ4v) is 2.03. The van der Waals surface area contributed by atoms with Gasteiger partial charge >= 0.3 is 6.03 Å². The first-order valence-electron chi connectivity index (χ1n) is 7.41. The molecule has 0 aromatic heterocycles. The summed E-state index contributed by atoms with van der Waals surface area (Å²) in [6, 6.07) is 11.4. The van der Waals surface area contributed by atoms with Crippen LogP contribution in [0, 0.1) is 5.82 Å². The van der Waals surface area contributed by atoms with Crippen LogP contribution in [-0.2, 0) is 4.79 Å². The Hall–Kier alpha value is -3.42. The molecule has 4 amide bonds. The van der Waals surface area contributed by atoms with E-state index < -0.39 is 17.8 Å². The van der Waals surface area contributed by atoms with E-state index >= 15 is 0 Å². The van der Waals surface area contributed by atoms with Crippen molar-refractivity contribution in [3.63, 3.8) is 0 Å². The van der Waals surface area contributed by atoms with Gasteiger partial charge in [-0.1, -0.05) is 24.3 Å². The largest absolute Gasteiger partial charge is 0.375 e. The summed E-state index contributed by atoms with van der Waals surface area (Å²) in [6.07, 6.45) is 0. The maximum absolute atomic E-state index is 13.4. The second-order valence-electron chi connectivity index (χ2n) is 4.96. The van der Waals surface area contributed by atoms with Crippen LogP contribution < -0.4 is 21.3 Å². The molecule has 2 aromatic rings. The van der Waals surface area contributed by atoms with E-state index in [9.17, 15) is 18.8 Å². The Morgan fingerprint density at radius 3 is 2.28 bits per heavy atom. The average Bonchev–Trinajstić information content (AvgIpc) is 2.61. The van der Waals surface area contributed by atoms with Gasteiger partial charge < -0.3 is 16.0 Å². The number of hydrogen-bond acceptors (Lipinski definition) is 4. The van der Waals surface area contributed by atoms with Crippen molar-refractivity contribution in [2.45, 2.75) is 0 Å². The molecule has 4 N–H and O–H groups in total. The Morgan fingerprint density at radius 1 is 0.960 bits per heavy atom. The molecule has 2 aromatic carbocycles. The van der Waals surface area contributed by atoms with Crippen molar-refractivity contribution in [2.75, 3.05) is 24.2 Å². The van der Waals surface area contributed by atoms with Crippen LogP contribution in [0.25, 0.3) is 0 Å². The van der Waals surface area contributed by atoms with Crippen molar-refractivity contribution in [1.29, 1.82) is 0 Å². The summed E-state index contributed by atoms with van der Waals surface area (Å²) >= 11 is 0. The van der Waals surface area contributed by atoms with E-state index in [1.54, 1.807) is 30.3 Å². The monoisotopic (exact) mass is 344 g/mol. The first kappa shape index (κ1) is 17.9. The van der Waals surface area contributed by atoms with Gasteiger partial charge in [0.1, 0.15) is 5.82 Å². The molecule has 7 nitrogen and oxygen atoms in total. The molecule has 2 rings (SSSR count). The van der Waals surface area contributed by atoms with Gasteiger partial charge in [-0.15, -0.1) is 0 Å². The Bertz CT molecular complexity index is 795. The highest BCUT2D eigenvalue weighted by atomic mass is 19.1. The van der Waals surface area contributed by atoms with Gasteiger partial charge in [0, 0.05) is 12.7 Å². The summed E-state index contributed by atoms with van der Waals surface area (Å²) in [5, 5.41) is 9.59. The van der Waals surface area contributed by atoms with Crippen LogP contribution in [0.15, 0.2) is 48.5 Å². The maximum atomic E-state index is 13.4. The van der Waals surface area contributed by atoms with Crippen LogP contribution >= 0.6 is 0 Å². The number of urea groups is 1. The predicted octanol–water partition coefficient (Wildman–Crippen LogP) is 1.95. The number of carbonyl (C=O) groups is 3. The lowest BCUT2D eigenvalue weighted by atomic mass is 10.1. The lowest BCUT2D eigenvalue weighted by molar-refractivity contribution is -0.118. The Labute approximate surface area is 143 Å². The van der Waals surface area contributed by atoms with Crippen LogP contribution in [0.3, 0.4) is 0 Å². The van der Waals surface area contributed by atoms with E-state index in [4.69, 9.17) is 0 Å². The van der Waals surface area contributed by atoms with Gasteiger partial charge in [-0.25, -0.2) is 9.18 Å². The lowest BCUT2D eigenvalue weighted by Gasteiger charge is -2.11. The Morgan fingerprint density at radius 2 is 1.60 bits per heavy atom. The number of halogens is 1. The first-order valence-corrected chi connectivity index (χ1v) is 7.41. The second kappa shape index (κ2) is 8.44. The minimum atomic E-state index is -0.850. The molecule has 0 unspecified atom stereocenters. The summed E-state index contributed by atoms with van der Waals surface area (Å²) in [5.74, 6) is -1.55. The van der Waals surface area contributed by atoms with Gasteiger partial charge in [0.2, 0.25) is 5.91 Å². The minimum absolute atomic E-state index is 0.0364. The van der Waals surface area contributed by atoms with E-state index in [2.05, 4.69) is 21.3 Å². The van der Waals surface area contributed by atoms with Gasteiger partial charge in [0.15, 0.2) is 0 Å². The molecule has 0 saturated heterocycles. The zero-order chi connectivity index (χ0) is 18.2. The van der Waals surface area contributed by atoms with Crippen molar-refractivity contribution in [3.8, 4) is 0 Å². The third-order valence-electron chi connectivity index (χ3n) is 3.21. The zero-order valence-corrected chi connectivity index (χ0v) is 13.4. The van der Waals surface area contributed by atoms with Gasteiger partial charge in [-0.3, -0.25) is 14.9 Å². The van der Waals surface area contributed by atoms with E-state index in [1.807, 2.05) is 0 Å². The topological polar surface area (TPSA) is 99.3 Å². The average molecular weight is 344 g/mol. The molecule has 0 spiro atoms. The first-order chi connectivity index (χ1) is 12.0. The molecule has 0 fully saturated rings. The number of anilines is 2. The van der Waals surface area contributed by atoms with E-state index in [1.165, 1.54) is 25.2 Å². The molecule has 25 heavy (non-hydrogen) atoms. The normalized spacial score (nSPS) is 9.84. The molecule has 0 aliphatic carbocycles. The quantitative estimate of drug-likeness (QED) is 0.666. The number of nitrogens with one attached hydrogen (secondary N) is 4. The molecule has 0 aliphatic heterocycles. The minimum Gasteiger partial charge on any atom is -0.375 e. The Kier molecular flexibility index (Phi) is 6.05. The van der Waals surface area contributed by atoms with E-state index in [0.717, 1.165) is 0 Å². The fraction of sp³-hybridized carbons (Fsp3) is 0.118. The molecule has 0 saturated carbocycles. The third-order valence-corrected chi connectivity index (χ3v) is 3.21. The van der Waals surface area contributed by atoms with Crippen molar-refractivity contribution in [2.24, 2.45) is 0 Å². The number of amides is 4. The molecule has 130 valence electrons. The summed E-state index contributed by atoms with van der Waals surface area (Å²) in [4.78, 5) is 35.3. The summed E-state index contributed by atoms with van der Waals surface area (Å²) in [7, 11) is 1.50. The van der Waals surface area contributed by atoms with Crippen LogP contribution in [-0.4, -0.2) is 31.4 Å². The molecule has 0 atom stereocenters. The predicted molar refractivity (Wildman–Crippen MR) is 91.9 cm³/mol. The van der Waals surface area contributed by atoms with Crippen molar-refractivity contribution >= 4 is 29.2 Å². The molecule has 0 bridgehead atoms. The van der Waals surface area contributed by atoms with Crippen molar-refractivity contribution in [3.05, 3.63) is 59.9 Å². The zero-order valence-electron chi connectivity index (χ0n) is 13.4. The Balaban J connectivity index is 1.90. The smallest absolute Gasteiger partial charge is 0.326 e. The van der Waals surface area contributed by atoms with Gasteiger partial charge in [0.25, 0.3) is 5.91 Å².